The lowest BCUT2D eigenvalue weighted by Crippen LogP contribution is -2.55. The summed E-state index contributed by atoms with van der Waals surface area (Å²) < 4.78 is 6.17. The van der Waals surface area contributed by atoms with Crippen LogP contribution in [0.1, 0.15) is 58.8 Å². The van der Waals surface area contributed by atoms with Gasteiger partial charge < -0.3 is 10.1 Å². The zero-order chi connectivity index (χ0) is 13.1. The fraction of sp³-hybridized carbons (Fsp3) is 1.00. The zero-order valence-electron chi connectivity index (χ0n) is 12.6. The molecule has 108 valence electrons. The Bertz CT molecular complexity index is 317. The van der Waals surface area contributed by atoms with Crippen molar-refractivity contribution in [2.75, 3.05) is 13.2 Å². The van der Waals surface area contributed by atoms with Gasteiger partial charge in [-0.05, 0) is 82.0 Å². The van der Waals surface area contributed by atoms with Crippen LogP contribution in [0.2, 0.25) is 0 Å². The van der Waals surface area contributed by atoms with Crippen molar-refractivity contribution >= 4 is 0 Å². The minimum absolute atomic E-state index is 0.179. The van der Waals surface area contributed by atoms with Crippen molar-refractivity contribution in [3.63, 3.8) is 0 Å². The second kappa shape index (κ2) is 4.21. The van der Waals surface area contributed by atoms with Gasteiger partial charge in [-0.2, -0.15) is 0 Å². The van der Waals surface area contributed by atoms with Crippen molar-refractivity contribution in [1.29, 1.82) is 0 Å². The summed E-state index contributed by atoms with van der Waals surface area (Å²) in [7, 11) is 0. The smallest absolute Gasteiger partial charge is 0.0705 e. The third kappa shape index (κ3) is 2.35. The first-order valence-corrected chi connectivity index (χ1v) is 8.39. The number of ether oxygens (including phenoxy) is 1. The van der Waals surface area contributed by atoms with E-state index in [4.69, 9.17) is 4.74 Å². The van der Waals surface area contributed by atoms with E-state index in [1.54, 1.807) is 19.3 Å². The minimum Gasteiger partial charge on any atom is -0.375 e. The van der Waals surface area contributed by atoms with E-state index in [0.717, 1.165) is 30.9 Å². The Morgan fingerprint density at radius 3 is 2.05 bits per heavy atom. The van der Waals surface area contributed by atoms with Crippen LogP contribution in [-0.2, 0) is 4.74 Å². The Morgan fingerprint density at radius 2 is 1.58 bits per heavy atom. The molecule has 0 spiro atoms. The minimum atomic E-state index is 0.179. The van der Waals surface area contributed by atoms with Gasteiger partial charge in [-0.25, -0.2) is 0 Å². The first-order valence-electron chi connectivity index (χ1n) is 8.39. The molecule has 4 saturated carbocycles. The molecule has 19 heavy (non-hydrogen) atoms. The van der Waals surface area contributed by atoms with Gasteiger partial charge in [0, 0.05) is 12.1 Å². The van der Waals surface area contributed by atoms with Gasteiger partial charge in [-0.15, -0.1) is 0 Å². The Hall–Kier alpha value is -0.0800. The van der Waals surface area contributed by atoms with E-state index < -0.39 is 0 Å². The fourth-order valence-electron chi connectivity index (χ4n) is 5.98. The molecule has 1 aliphatic heterocycles. The zero-order valence-corrected chi connectivity index (χ0v) is 12.6. The van der Waals surface area contributed by atoms with Crippen LogP contribution < -0.4 is 5.32 Å². The largest absolute Gasteiger partial charge is 0.375 e. The van der Waals surface area contributed by atoms with E-state index in [1.807, 2.05) is 0 Å². The molecule has 0 radical (unpaired) electrons. The highest BCUT2D eigenvalue weighted by Crippen LogP contribution is 2.61. The van der Waals surface area contributed by atoms with Crippen molar-refractivity contribution in [2.24, 2.45) is 23.2 Å². The Kier molecular flexibility index (Phi) is 2.80. The molecule has 1 heterocycles. The van der Waals surface area contributed by atoms with Crippen LogP contribution in [-0.4, -0.2) is 24.8 Å². The highest BCUT2D eigenvalue weighted by Gasteiger charge is 2.51. The van der Waals surface area contributed by atoms with E-state index in [-0.39, 0.29) is 5.54 Å². The van der Waals surface area contributed by atoms with Crippen LogP contribution in [0.3, 0.4) is 0 Å². The maximum absolute atomic E-state index is 6.17. The van der Waals surface area contributed by atoms with Gasteiger partial charge in [-0.1, -0.05) is 0 Å². The van der Waals surface area contributed by atoms with E-state index in [1.165, 1.54) is 25.7 Å². The average Bonchev–Trinajstić information content (AvgIpc) is 2.30. The van der Waals surface area contributed by atoms with Crippen LogP contribution in [0.25, 0.3) is 0 Å². The van der Waals surface area contributed by atoms with Crippen LogP contribution in [0.4, 0.5) is 0 Å². The summed E-state index contributed by atoms with van der Waals surface area (Å²) >= 11 is 0. The van der Waals surface area contributed by atoms with Crippen LogP contribution >= 0.6 is 0 Å². The van der Waals surface area contributed by atoms with Crippen molar-refractivity contribution in [3.05, 3.63) is 0 Å². The van der Waals surface area contributed by atoms with Gasteiger partial charge >= 0.3 is 0 Å². The third-order valence-electron chi connectivity index (χ3n) is 6.31. The Labute approximate surface area is 117 Å². The molecule has 0 amide bonds. The van der Waals surface area contributed by atoms with Gasteiger partial charge in [0.2, 0.25) is 0 Å². The summed E-state index contributed by atoms with van der Waals surface area (Å²) in [5.41, 5.74) is 0.848. The van der Waals surface area contributed by atoms with Gasteiger partial charge in [-0.3, -0.25) is 0 Å². The first kappa shape index (κ1) is 12.6. The van der Waals surface area contributed by atoms with Crippen molar-refractivity contribution in [1.82, 2.24) is 5.32 Å². The predicted molar refractivity (Wildman–Crippen MR) is 77.0 cm³/mol. The summed E-state index contributed by atoms with van der Waals surface area (Å²) in [5.74, 6) is 3.21. The van der Waals surface area contributed by atoms with Gasteiger partial charge in [0.15, 0.2) is 0 Å². The van der Waals surface area contributed by atoms with E-state index in [9.17, 15) is 0 Å². The topological polar surface area (TPSA) is 21.3 Å². The molecule has 4 aliphatic carbocycles. The molecule has 0 aromatic carbocycles. The standard InChI is InChI=1S/C17H29NO/c1-16(2)11-19-15(10-18-16)9-17-6-12-3-13(7-17)5-14(4-12)8-17/h12-15,18H,3-11H2,1-2H3. The molecule has 5 fully saturated rings. The maximum Gasteiger partial charge on any atom is 0.0705 e. The number of hydrogen-bond acceptors (Lipinski definition) is 2. The molecule has 4 bridgehead atoms. The molecule has 2 nitrogen and oxygen atoms in total. The molecule has 1 saturated heterocycles. The highest BCUT2D eigenvalue weighted by molar-refractivity contribution is 5.02. The molecule has 5 aliphatic rings. The van der Waals surface area contributed by atoms with Crippen molar-refractivity contribution in [3.8, 4) is 0 Å². The van der Waals surface area contributed by atoms with Crippen molar-refractivity contribution < 1.29 is 4.74 Å². The lowest BCUT2D eigenvalue weighted by atomic mass is 9.48. The van der Waals surface area contributed by atoms with Gasteiger partial charge in [0.25, 0.3) is 0 Å². The lowest BCUT2D eigenvalue weighted by molar-refractivity contribution is -0.103. The molecule has 1 atom stereocenters. The highest BCUT2D eigenvalue weighted by atomic mass is 16.5. The summed E-state index contributed by atoms with van der Waals surface area (Å²) in [4.78, 5) is 0. The number of hydrogen-bond donors (Lipinski definition) is 1. The third-order valence-corrected chi connectivity index (χ3v) is 6.31. The molecule has 0 aromatic heterocycles. The van der Waals surface area contributed by atoms with Crippen LogP contribution in [0.5, 0.6) is 0 Å². The van der Waals surface area contributed by atoms with E-state index in [0.29, 0.717) is 11.5 Å². The van der Waals surface area contributed by atoms with Crippen molar-refractivity contribution in [2.45, 2.75) is 70.4 Å². The van der Waals surface area contributed by atoms with E-state index >= 15 is 0 Å². The molecule has 1 N–H and O–H groups in total. The quantitative estimate of drug-likeness (QED) is 0.825. The second-order valence-corrected chi connectivity index (χ2v) is 8.82. The Balaban J connectivity index is 1.43. The number of rotatable bonds is 2. The Morgan fingerprint density at radius 1 is 1.00 bits per heavy atom. The summed E-state index contributed by atoms with van der Waals surface area (Å²) in [6.07, 6.45) is 11.0. The predicted octanol–water partition coefficient (Wildman–Crippen LogP) is 3.36. The monoisotopic (exact) mass is 263 g/mol. The second-order valence-electron chi connectivity index (χ2n) is 8.82. The number of morpholine rings is 1. The number of nitrogens with one attached hydrogen (secondary N) is 1. The molecular weight excluding hydrogens is 234 g/mol. The normalized spacial score (nSPS) is 51.5. The molecule has 0 aromatic rings. The van der Waals surface area contributed by atoms with Gasteiger partial charge in [0.05, 0.1) is 12.7 Å². The average molecular weight is 263 g/mol. The van der Waals surface area contributed by atoms with Crippen LogP contribution in [0.15, 0.2) is 0 Å². The molecule has 5 rings (SSSR count). The molecule has 2 heteroatoms. The molecular formula is C17H29NO. The van der Waals surface area contributed by atoms with Gasteiger partial charge in [0.1, 0.15) is 0 Å². The summed E-state index contributed by atoms with van der Waals surface area (Å²) in [6, 6.07) is 0. The lowest BCUT2D eigenvalue weighted by Gasteiger charge is -2.58. The maximum atomic E-state index is 6.17. The fourth-order valence-corrected chi connectivity index (χ4v) is 5.98. The summed E-state index contributed by atoms with van der Waals surface area (Å²) in [5, 5.41) is 3.67. The van der Waals surface area contributed by atoms with Crippen LogP contribution in [0, 0.1) is 23.2 Å². The molecule has 1 unspecified atom stereocenters. The SMILES string of the molecule is CC1(C)COC(CC23CC4CC(CC(C4)C2)C3)CN1. The summed E-state index contributed by atoms with van der Waals surface area (Å²) in [6.45, 7) is 6.43. The first-order chi connectivity index (χ1) is 9.02. The van der Waals surface area contributed by atoms with E-state index in [2.05, 4.69) is 19.2 Å².